The molecule has 20 heavy (non-hydrogen) atoms. The molecule has 2 rings (SSSR count). The summed E-state index contributed by atoms with van der Waals surface area (Å²) in [5.74, 6) is -0.138. The lowest BCUT2D eigenvalue weighted by Crippen LogP contribution is -2.22. The zero-order chi connectivity index (χ0) is 14.5. The Morgan fingerprint density at radius 3 is 2.55 bits per heavy atom. The molecule has 4 nitrogen and oxygen atoms in total. The van der Waals surface area contributed by atoms with Crippen LogP contribution in [0.5, 0.6) is 5.75 Å². The second-order valence-electron chi connectivity index (χ2n) is 4.49. The quantitative estimate of drug-likeness (QED) is 0.896. The van der Waals surface area contributed by atoms with Gasteiger partial charge in [-0.3, -0.25) is 4.79 Å². The van der Waals surface area contributed by atoms with Gasteiger partial charge in [0.1, 0.15) is 5.75 Å². The number of carbonyl (C=O) groups is 1. The van der Waals surface area contributed by atoms with E-state index >= 15 is 0 Å². The molecule has 0 heterocycles. The molecule has 0 aliphatic heterocycles. The Hall–Kier alpha value is -2.80. The molecule has 0 aliphatic carbocycles. The van der Waals surface area contributed by atoms with Gasteiger partial charge in [0.2, 0.25) is 0 Å². The summed E-state index contributed by atoms with van der Waals surface area (Å²) >= 11 is 0. The lowest BCUT2D eigenvalue weighted by Gasteiger charge is -2.07. The fraction of sp³-hybridized carbons (Fsp3) is 0.125. The summed E-state index contributed by atoms with van der Waals surface area (Å²) in [6, 6.07) is 13.9. The number of carbonyl (C=O) groups excluding carboxylic acids is 1. The summed E-state index contributed by atoms with van der Waals surface area (Å²) in [4.78, 5) is 11.9. The molecular weight excluding hydrogens is 252 g/mol. The zero-order valence-corrected chi connectivity index (χ0v) is 11.1. The number of amides is 1. The van der Waals surface area contributed by atoms with Crippen LogP contribution in [0, 0.1) is 18.3 Å². The number of nitriles is 1. The minimum absolute atomic E-state index is 0.107. The van der Waals surface area contributed by atoms with Gasteiger partial charge in [-0.25, -0.2) is 0 Å². The molecule has 0 aliphatic rings. The fourth-order valence-corrected chi connectivity index (χ4v) is 1.73. The Kier molecular flexibility index (Phi) is 4.02. The highest BCUT2D eigenvalue weighted by Gasteiger charge is 2.07. The monoisotopic (exact) mass is 266 g/mol. The third-order valence-corrected chi connectivity index (χ3v) is 3.01. The van der Waals surface area contributed by atoms with Crippen LogP contribution in [0.15, 0.2) is 42.5 Å². The van der Waals surface area contributed by atoms with E-state index in [0.29, 0.717) is 17.7 Å². The van der Waals surface area contributed by atoms with E-state index in [0.717, 1.165) is 11.1 Å². The van der Waals surface area contributed by atoms with E-state index in [1.807, 2.05) is 6.07 Å². The van der Waals surface area contributed by atoms with Crippen molar-refractivity contribution < 1.29 is 9.90 Å². The molecule has 0 saturated heterocycles. The average molecular weight is 266 g/mol. The zero-order valence-electron chi connectivity index (χ0n) is 11.1. The maximum Gasteiger partial charge on any atom is 0.251 e. The first-order chi connectivity index (χ1) is 9.60. The van der Waals surface area contributed by atoms with Crippen LogP contribution in [-0.2, 0) is 6.54 Å². The predicted molar refractivity (Wildman–Crippen MR) is 75.2 cm³/mol. The van der Waals surface area contributed by atoms with Crippen molar-refractivity contribution in [1.82, 2.24) is 5.32 Å². The van der Waals surface area contributed by atoms with E-state index in [-0.39, 0.29) is 11.7 Å². The molecule has 0 unspecified atom stereocenters. The van der Waals surface area contributed by atoms with Gasteiger partial charge in [-0.15, -0.1) is 0 Å². The number of phenolic OH excluding ortho intramolecular Hbond substituents is 1. The first kappa shape index (κ1) is 13.6. The third kappa shape index (κ3) is 3.15. The van der Waals surface area contributed by atoms with Gasteiger partial charge in [0.25, 0.3) is 5.91 Å². The molecule has 0 saturated carbocycles. The fourth-order valence-electron chi connectivity index (χ4n) is 1.73. The van der Waals surface area contributed by atoms with Gasteiger partial charge >= 0.3 is 0 Å². The topological polar surface area (TPSA) is 73.1 Å². The maximum atomic E-state index is 11.9. The number of benzene rings is 2. The average Bonchev–Trinajstić information content (AvgIpc) is 2.48. The van der Waals surface area contributed by atoms with E-state index in [2.05, 4.69) is 5.32 Å². The molecule has 0 atom stereocenters. The third-order valence-electron chi connectivity index (χ3n) is 3.01. The normalized spacial score (nSPS) is 9.80. The van der Waals surface area contributed by atoms with E-state index in [1.165, 1.54) is 6.07 Å². The van der Waals surface area contributed by atoms with Crippen molar-refractivity contribution >= 4 is 5.91 Å². The summed E-state index contributed by atoms with van der Waals surface area (Å²) in [6.07, 6.45) is 0. The minimum Gasteiger partial charge on any atom is -0.508 e. The van der Waals surface area contributed by atoms with Crippen molar-refractivity contribution in [2.45, 2.75) is 13.5 Å². The van der Waals surface area contributed by atoms with E-state index < -0.39 is 0 Å². The summed E-state index contributed by atoms with van der Waals surface area (Å²) in [6.45, 7) is 2.15. The molecule has 0 aromatic heterocycles. The van der Waals surface area contributed by atoms with Gasteiger partial charge in [-0.1, -0.05) is 18.2 Å². The Balaban J connectivity index is 2.01. The Morgan fingerprint density at radius 1 is 1.25 bits per heavy atom. The molecule has 2 aromatic carbocycles. The lowest BCUT2D eigenvalue weighted by atomic mass is 10.1. The van der Waals surface area contributed by atoms with Crippen LogP contribution in [0.25, 0.3) is 0 Å². The van der Waals surface area contributed by atoms with E-state index in [9.17, 15) is 9.90 Å². The number of aryl methyl sites for hydroxylation is 1. The SMILES string of the molecule is Cc1ccc(C(=O)NCc2ccc(C#N)cc2)cc1O. The van der Waals surface area contributed by atoms with Crippen LogP contribution < -0.4 is 5.32 Å². The number of phenols is 1. The van der Waals surface area contributed by atoms with Crippen molar-refractivity contribution in [3.8, 4) is 11.8 Å². The molecule has 0 bridgehead atoms. The van der Waals surface area contributed by atoms with Crippen LogP contribution in [0.3, 0.4) is 0 Å². The molecule has 2 aromatic rings. The Labute approximate surface area is 117 Å². The molecule has 0 radical (unpaired) electrons. The van der Waals surface area contributed by atoms with Gasteiger partial charge in [0.15, 0.2) is 0 Å². The summed E-state index contributed by atoms with van der Waals surface area (Å²) in [7, 11) is 0. The molecule has 1 amide bonds. The number of rotatable bonds is 3. The number of hydrogen-bond donors (Lipinski definition) is 2. The van der Waals surface area contributed by atoms with Crippen molar-refractivity contribution in [2.24, 2.45) is 0 Å². The van der Waals surface area contributed by atoms with E-state index in [4.69, 9.17) is 5.26 Å². The smallest absolute Gasteiger partial charge is 0.251 e. The van der Waals surface area contributed by atoms with E-state index in [1.54, 1.807) is 43.3 Å². The molecule has 0 spiro atoms. The first-order valence-electron chi connectivity index (χ1n) is 6.17. The molecule has 4 heteroatoms. The van der Waals surface area contributed by atoms with Crippen molar-refractivity contribution in [1.29, 1.82) is 5.26 Å². The van der Waals surface area contributed by atoms with Crippen LogP contribution in [0.1, 0.15) is 27.0 Å². The van der Waals surface area contributed by atoms with Crippen molar-refractivity contribution in [2.75, 3.05) is 0 Å². The second kappa shape index (κ2) is 5.89. The summed E-state index contributed by atoms with van der Waals surface area (Å²) < 4.78 is 0. The minimum atomic E-state index is -0.246. The number of nitrogens with zero attached hydrogens (tertiary/aromatic N) is 1. The second-order valence-corrected chi connectivity index (χ2v) is 4.49. The van der Waals surface area contributed by atoms with Gasteiger partial charge in [0, 0.05) is 12.1 Å². The van der Waals surface area contributed by atoms with Gasteiger partial charge in [-0.05, 0) is 42.3 Å². The van der Waals surface area contributed by atoms with Crippen molar-refractivity contribution in [3.63, 3.8) is 0 Å². The molecular formula is C16H14N2O2. The highest BCUT2D eigenvalue weighted by molar-refractivity contribution is 5.94. The predicted octanol–water partition coefficient (Wildman–Crippen LogP) is 2.50. The highest BCUT2D eigenvalue weighted by Crippen LogP contribution is 2.17. The molecule has 2 N–H and O–H groups in total. The number of aromatic hydroxyl groups is 1. The van der Waals surface area contributed by atoms with Gasteiger partial charge < -0.3 is 10.4 Å². The van der Waals surface area contributed by atoms with Crippen LogP contribution in [0.4, 0.5) is 0 Å². The summed E-state index contributed by atoms with van der Waals surface area (Å²) in [5, 5.41) is 21.0. The number of hydrogen-bond acceptors (Lipinski definition) is 3. The molecule has 100 valence electrons. The number of nitrogens with one attached hydrogen (secondary N) is 1. The Bertz CT molecular complexity index is 670. The van der Waals surface area contributed by atoms with Crippen LogP contribution in [0.2, 0.25) is 0 Å². The first-order valence-corrected chi connectivity index (χ1v) is 6.17. The molecule has 0 fully saturated rings. The standard InChI is InChI=1S/C16H14N2O2/c1-11-2-7-14(8-15(11)19)16(20)18-10-13-5-3-12(9-17)4-6-13/h2-8,19H,10H2,1H3,(H,18,20). The summed E-state index contributed by atoms with van der Waals surface area (Å²) in [5.41, 5.74) is 2.65. The lowest BCUT2D eigenvalue weighted by molar-refractivity contribution is 0.0950. The highest BCUT2D eigenvalue weighted by atomic mass is 16.3. The van der Waals surface area contributed by atoms with Crippen LogP contribution in [-0.4, -0.2) is 11.0 Å². The van der Waals surface area contributed by atoms with Gasteiger partial charge in [-0.2, -0.15) is 5.26 Å². The van der Waals surface area contributed by atoms with Crippen LogP contribution >= 0.6 is 0 Å². The van der Waals surface area contributed by atoms with Gasteiger partial charge in [0.05, 0.1) is 11.6 Å². The Morgan fingerprint density at radius 2 is 1.95 bits per heavy atom. The maximum absolute atomic E-state index is 11.9. The largest absolute Gasteiger partial charge is 0.508 e. The van der Waals surface area contributed by atoms with Crippen molar-refractivity contribution in [3.05, 3.63) is 64.7 Å².